The summed E-state index contributed by atoms with van der Waals surface area (Å²) in [5.74, 6) is -2.11. The maximum Gasteiger partial charge on any atom is 0.325 e. The first-order valence-electron chi connectivity index (χ1n) is 6.21. The van der Waals surface area contributed by atoms with Gasteiger partial charge in [-0.25, -0.2) is 9.98 Å². The number of thioether (sulfide) groups is 1. The molecule has 0 aliphatic carbocycles. The summed E-state index contributed by atoms with van der Waals surface area (Å²) in [4.78, 5) is 21.0. The predicted molar refractivity (Wildman–Crippen MR) is 81.3 cm³/mol. The molecule has 1 heterocycles. The number of aryl methyl sites for hydroxylation is 1. The molecule has 0 saturated heterocycles. The number of rotatable bonds is 4. The van der Waals surface area contributed by atoms with Crippen LogP contribution in [-0.2, 0) is 0 Å². The minimum Gasteiger partial charge on any atom is -0.322 e. The lowest BCUT2D eigenvalue weighted by Gasteiger charge is -2.03. The number of halogens is 2. The molecule has 0 fully saturated rings. The molecule has 0 atom stereocenters. The molecule has 0 saturated carbocycles. The Balaban J connectivity index is 2.09. The van der Waals surface area contributed by atoms with Crippen LogP contribution in [0.2, 0.25) is 0 Å². The molecule has 0 amide bonds. The molecule has 0 radical (unpaired) electrons. The molecule has 0 spiro atoms. The zero-order valence-electron chi connectivity index (χ0n) is 11.6. The van der Waals surface area contributed by atoms with Gasteiger partial charge < -0.3 is 5.73 Å². The van der Waals surface area contributed by atoms with E-state index in [1.54, 1.807) is 31.2 Å². The van der Waals surface area contributed by atoms with Crippen LogP contribution in [0.4, 0.5) is 20.4 Å². The zero-order chi connectivity index (χ0) is 16.1. The Labute approximate surface area is 128 Å². The van der Waals surface area contributed by atoms with Gasteiger partial charge in [0, 0.05) is 11.0 Å². The van der Waals surface area contributed by atoms with E-state index in [-0.39, 0.29) is 17.5 Å². The number of H-pyrrole nitrogens is 1. The number of hydrogen-bond donors (Lipinski definition) is 4. The molecule has 0 bridgehead atoms. The highest BCUT2D eigenvalue weighted by Gasteiger charge is 2.07. The Morgan fingerprint density at radius 3 is 2.68 bits per heavy atom. The highest BCUT2D eigenvalue weighted by Crippen LogP contribution is 2.25. The SMILES string of the molecule is Cc1cc(=O)[nH]c([NH+]=C(N)Nc2ccc(SC(F)F)cc2)n1. The maximum atomic E-state index is 12.2. The fourth-order valence-corrected chi connectivity index (χ4v) is 2.17. The van der Waals surface area contributed by atoms with Crippen LogP contribution in [0.1, 0.15) is 5.69 Å². The predicted octanol–water partition coefficient (Wildman–Crippen LogP) is 0.532. The van der Waals surface area contributed by atoms with Crippen LogP contribution in [0.5, 0.6) is 0 Å². The van der Waals surface area contributed by atoms with Crippen LogP contribution in [-0.4, -0.2) is 21.7 Å². The molecule has 1 aromatic heterocycles. The number of nitrogens with zero attached hydrogens (tertiary/aromatic N) is 1. The summed E-state index contributed by atoms with van der Waals surface area (Å²) in [5, 5.41) is 2.83. The quantitative estimate of drug-likeness (QED) is 0.373. The van der Waals surface area contributed by atoms with Crippen LogP contribution in [0.15, 0.2) is 40.0 Å². The van der Waals surface area contributed by atoms with Gasteiger partial charge in [-0.15, -0.1) is 4.98 Å². The van der Waals surface area contributed by atoms with E-state index in [0.29, 0.717) is 28.0 Å². The average Bonchev–Trinajstić information content (AvgIpc) is 2.39. The first-order chi connectivity index (χ1) is 10.4. The van der Waals surface area contributed by atoms with E-state index in [9.17, 15) is 13.6 Å². The van der Waals surface area contributed by atoms with Crippen molar-refractivity contribution in [3.8, 4) is 0 Å². The maximum absolute atomic E-state index is 12.2. The van der Waals surface area contributed by atoms with Crippen molar-refractivity contribution in [3.63, 3.8) is 0 Å². The van der Waals surface area contributed by atoms with Crippen molar-refractivity contribution in [1.82, 2.24) is 9.97 Å². The summed E-state index contributed by atoms with van der Waals surface area (Å²) in [5.41, 5.74) is 6.63. The van der Waals surface area contributed by atoms with Gasteiger partial charge in [0.1, 0.15) is 0 Å². The largest absolute Gasteiger partial charge is 0.325 e. The molecular formula is C13H14F2N5OS+. The monoisotopic (exact) mass is 326 g/mol. The van der Waals surface area contributed by atoms with Crippen molar-refractivity contribution in [2.24, 2.45) is 5.73 Å². The Bertz CT molecular complexity index is 730. The summed E-state index contributed by atoms with van der Waals surface area (Å²) in [6.45, 7) is 1.68. The number of hydrogen-bond acceptors (Lipinski definition) is 3. The van der Waals surface area contributed by atoms with E-state index in [4.69, 9.17) is 5.73 Å². The second-order valence-corrected chi connectivity index (χ2v) is 5.37. The Hall–Kier alpha value is -2.42. The van der Waals surface area contributed by atoms with Gasteiger partial charge in [0.05, 0.1) is 11.4 Å². The van der Waals surface area contributed by atoms with E-state index >= 15 is 0 Å². The van der Waals surface area contributed by atoms with Gasteiger partial charge in [-0.1, -0.05) is 11.8 Å². The van der Waals surface area contributed by atoms with Gasteiger partial charge in [-0.3, -0.25) is 10.1 Å². The van der Waals surface area contributed by atoms with Gasteiger partial charge in [-0.05, 0) is 31.2 Å². The molecule has 6 nitrogen and oxygen atoms in total. The lowest BCUT2D eigenvalue weighted by atomic mass is 10.3. The van der Waals surface area contributed by atoms with Crippen LogP contribution in [0.25, 0.3) is 0 Å². The van der Waals surface area contributed by atoms with E-state index in [1.807, 2.05) is 0 Å². The standard InChI is InChI=1S/C13H13F2N5OS/c1-7-6-10(21)19-13(17-7)20-12(16)18-8-2-4-9(5-3-8)22-11(14)15/h2-6,11H,1H3,(H4,16,17,18,19,20,21)/p+1. The molecule has 5 N–H and O–H groups in total. The summed E-state index contributed by atoms with van der Waals surface area (Å²) >= 11 is 0.467. The van der Waals surface area contributed by atoms with Crippen LogP contribution in [0.3, 0.4) is 0 Å². The van der Waals surface area contributed by atoms with Crippen molar-refractivity contribution in [2.75, 3.05) is 5.32 Å². The number of aromatic nitrogens is 2. The fraction of sp³-hybridized carbons (Fsp3) is 0.154. The summed E-state index contributed by atoms with van der Waals surface area (Å²) < 4.78 is 24.4. The topological polar surface area (TPSA) is 97.8 Å². The van der Waals surface area contributed by atoms with Crippen molar-refractivity contribution >= 4 is 29.4 Å². The highest BCUT2D eigenvalue weighted by molar-refractivity contribution is 7.99. The number of benzene rings is 1. The summed E-state index contributed by atoms with van der Waals surface area (Å²) in [6, 6.07) is 7.70. The Morgan fingerprint density at radius 2 is 2.09 bits per heavy atom. The highest BCUT2D eigenvalue weighted by atomic mass is 32.2. The third-order valence-corrected chi connectivity index (χ3v) is 3.20. The van der Waals surface area contributed by atoms with Crippen molar-refractivity contribution < 1.29 is 13.8 Å². The first-order valence-corrected chi connectivity index (χ1v) is 7.09. The van der Waals surface area contributed by atoms with E-state index in [2.05, 4.69) is 20.3 Å². The summed E-state index contributed by atoms with van der Waals surface area (Å²) in [7, 11) is 0. The molecule has 0 aliphatic rings. The average molecular weight is 326 g/mol. The molecule has 22 heavy (non-hydrogen) atoms. The van der Waals surface area contributed by atoms with Crippen molar-refractivity contribution in [3.05, 3.63) is 46.4 Å². The number of anilines is 1. The van der Waals surface area contributed by atoms with Crippen LogP contribution in [0, 0.1) is 6.92 Å². The Morgan fingerprint density at radius 1 is 1.41 bits per heavy atom. The van der Waals surface area contributed by atoms with E-state index in [0.717, 1.165) is 0 Å². The molecule has 0 aliphatic heterocycles. The van der Waals surface area contributed by atoms with Gasteiger partial charge in [0.15, 0.2) is 0 Å². The fourth-order valence-electron chi connectivity index (χ4n) is 1.67. The minimum atomic E-state index is -2.46. The third kappa shape index (κ3) is 4.85. The number of guanidine groups is 1. The smallest absolute Gasteiger partial charge is 0.322 e. The van der Waals surface area contributed by atoms with E-state index in [1.165, 1.54) is 6.07 Å². The minimum absolute atomic E-state index is 0.142. The molecule has 2 aromatic rings. The lowest BCUT2D eigenvalue weighted by Crippen LogP contribution is -2.73. The van der Waals surface area contributed by atoms with Gasteiger partial charge in [-0.2, -0.15) is 8.78 Å². The number of aromatic amines is 1. The molecule has 1 aromatic carbocycles. The molecule has 0 unspecified atom stereocenters. The number of alkyl halides is 2. The zero-order valence-corrected chi connectivity index (χ0v) is 12.4. The van der Waals surface area contributed by atoms with Gasteiger partial charge >= 0.3 is 5.95 Å². The number of nitrogens with two attached hydrogens (primary N) is 1. The summed E-state index contributed by atoms with van der Waals surface area (Å²) in [6.07, 6.45) is 0. The number of nitrogens with one attached hydrogen (secondary N) is 3. The van der Waals surface area contributed by atoms with Crippen LogP contribution < -0.4 is 21.6 Å². The molecule has 2 rings (SSSR count). The van der Waals surface area contributed by atoms with E-state index < -0.39 is 5.76 Å². The third-order valence-electron chi connectivity index (χ3n) is 2.48. The van der Waals surface area contributed by atoms with Crippen molar-refractivity contribution in [2.45, 2.75) is 17.6 Å². The Kier molecular flexibility index (Phi) is 5.10. The second kappa shape index (κ2) is 7.03. The first kappa shape index (κ1) is 16.0. The van der Waals surface area contributed by atoms with Crippen molar-refractivity contribution in [1.29, 1.82) is 0 Å². The molecule has 9 heteroatoms. The molecule has 116 valence electrons. The van der Waals surface area contributed by atoms with Crippen LogP contribution >= 0.6 is 11.8 Å². The van der Waals surface area contributed by atoms with Gasteiger partial charge in [0.2, 0.25) is 0 Å². The lowest BCUT2D eigenvalue weighted by molar-refractivity contribution is -0.365. The normalized spacial score (nSPS) is 11.7. The molecular weight excluding hydrogens is 312 g/mol. The van der Waals surface area contributed by atoms with Gasteiger partial charge in [0.25, 0.3) is 17.3 Å². The second-order valence-electron chi connectivity index (χ2n) is 4.30.